The predicted octanol–water partition coefficient (Wildman–Crippen LogP) is 5.61. The number of hydroxylamine groups is 1. The van der Waals surface area contributed by atoms with Crippen molar-refractivity contribution in [2.45, 2.75) is 199 Å². The number of carbonyl (C=O) groups excluding carboxylic acids is 2. The van der Waals surface area contributed by atoms with Crippen molar-refractivity contribution in [1.29, 1.82) is 0 Å². The first-order chi connectivity index (χ1) is 25.3. The third-order valence-electron chi connectivity index (χ3n) is 14.6. The van der Waals surface area contributed by atoms with Gasteiger partial charge in [-0.25, -0.2) is 5.48 Å². The number of aliphatic hydroxyl groups is 3. The van der Waals surface area contributed by atoms with Crippen molar-refractivity contribution in [1.82, 2.24) is 5.48 Å². The quantitative estimate of drug-likeness (QED) is 0.0950. The van der Waals surface area contributed by atoms with Crippen LogP contribution < -0.4 is 5.48 Å². The lowest BCUT2D eigenvalue weighted by atomic mass is 9.72. The van der Waals surface area contributed by atoms with Gasteiger partial charge in [-0.2, -0.15) is 0 Å². The van der Waals surface area contributed by atoms with Crippen molar-refractivity contribution in [2.24, 2.45) is 41.4 Å². The zero-order valence-corrected chi connectivity index (χ0v) is 34.5. The second-order valence-corrected chi connectivity index (χ2v) is 18.1. The maximum Gasteiger partial charge on any atom is 0.249 e. The van der Waals surface area contributed by atoms with E-state index in [-0.39, 0.29) is 41.8 Å². The summed E-state index contributed by atoms with van der Waals surface area (Å²) in [6, 6.07) is 0. The highest BCUT2D eigenvalue weighted by Gasteiger charge is 2.63. The molecule has 0 aromatic rings. The number of ketones is 1. The molecule has 5 aliphatic heterocycles. The Morgan fingerprint density at radius 3 is 2.20 bits per heavy atom. The molecule has 0 aromatic heterocycles. The molecular formula is C42H71NO11. The first-order valence-electron chi connectivity index (χ1n) is 21.0. The van der Waals surface area contributed by atoms with Gasteiger partial charge in [0.05, 0.1) is 53.7 Å². The molecule has 0 aliphatic carbocycles. The van der Waals surface area contributed by atoms with E-state index >= 15 is 0 Å². The molecular weight excluding hydrogens is 694 g/mol. The normalized spacial score (nSPS) is 45.5. The molecule has 54 heavy (non-hydrogen) atoms. The molecule has 2 spiro atoms. The molecule has 5 aliphatic rings. The van der Waals surface area contributed by atoms with E-state index in [1.165, 1.54) is 0 Å². The molecule has 0 unspecified atom stereocenters. The van der Waals surface area contributed by atoms with Gasteiger partial charge in [0, 0.05) is 30.1 Å². The molecule has 12 nitrogen and oxygen atoms in total. The molecule has 4 fully saturated rings. The Bertz CT molecular complexity index is 1350. The first-order valence-corrected chi connectivity index (χ1v) is 21.0. The van der Waals surface area contributed by atoms with E-state index in [9.17, 15) is 30.1 Å². The van der Waals surface area contributed by atoms with Crippen LogP contribution in [0.2, 0.25) is 0 Å². The number of amides is 1. The van der Waals surface area contributed by atoms with Crippen LogP contribution in [0.25, 0.3) is 0 Å². The highest BCUT2D eigenvalue weighted by atomic mass is 16.8. The predicted molar refractivity (Wildman–Crippen MR) is 201 cm³/mol. The van der Waals surface area contributed by atoms with Crippen molar-refractivity contribution >= 4 is 11.7 Å². The Morgan fingerprint density at radius 1 is 0.907 bits per heavy atom. The molecule has 0 aromatic carbocycles. The minimum Gasteiger partial charge on any atom is -0.392 e. The number of ether oxygens (including phenoxy) is 5. The maximum absolute atomic E-state index is 14.5. The van der Waals surface area contributed by atoms with Gasteiger partial charge in [-0.05, 0) is 95.6 Å². The number of hydrogen-bond acceptors (Lipinski definition) is 11. The Labute approximate surface area is 323 Å². The Morgan fingerprint density at radius 2 is 1.59 bits per heavy atom. The number of nitrogens with one attached hydrogen (secondary N) is 1. The summed E-state index contributed by atoms with van der Waals surface area (Å²) in [5.74, 6) is -5.31. The number of carbonyl (C=O) groups is 2. The summed E-state index contributed by atoms with van der Waals surface area (Å²) < 4.78 is 33.6. The van der Waals surface area contributed by atoms with E-state index in [2.05, 4.69) is 20.8 Å². The minimum absolute atomic E-state index is 0.0106. The minimum atomic E-state index is -1.37. The number of hydrogen-bond donors (Lipinski definition) is 5. The molecule has 5 heterocycles. The van der Waals surface area contributed by atoms with Crippen molar-refractivity contribution in [3.8, 4) is 0 Å². The van der Waals surface area contributed by atoms with Gasteiger partial charge >= 0.3 is 0 Å². The first kappa shape index (κ1) is 43.6. The molecule has 0 bridgehead atoms. The lowest BCUT2D eigenvalue weighted by Crippen LogP contribution is -2.63. The summed E-state index contributed by atoms with van der Waals surface area (Å²) in [6.45, 7) is 19.6. The van der Waals surface area contributed by atoms with Crippen molar-refractivity contribution in [2.75, 3.05) is 0 Å². The smallest absolute Gasteiger partial charge is 0.249 e. The fraction of sp³-hybridized carbons (Fsp3) is 0.905. The molecule has 5 N–H and O–H groups in total. The fourth-order valence-corrected chi connectivity index (χ4v) is 10.6. The van der Waals surface area contributed by atoms with Crippen molar-refractivity contribution in [3.05, 3.63) is 12.2 Å². The Hall–Kier alpha value is -1.48. The molecule has 5 rings (SSSR count). The SMILES string of the molecule is CC[C@@H](C(=O)[C@@H](C)[C@@H](O)[C@H](C)[C@@H]1O[C@@H]([C@@H](CC)C(=O)NO)CC[C@@H]1C)[C@H]1O[C@]2(C=C[C@@H](O)[C@]3(CC[C@@](C)([C@H]4CC[C@](O)(CC)[C@H](C)O4)O3)O2)[C@H](C)C[C@@H]1C. The molecule has 310 valence electrons. The highest BCUT2D eigenvalue weighted by molar-refractivity contribution is 5.84. The summed E-state index contributed by atoms with van der Waals surface area (Å²) in [6.07, 6.45) is 5.57. The second kappa shape index (κ2) is 16.8. The summed E-state index contributed by atoms with van der Waals surface area (Å²) in [4.78, 5) is 26.8. The van der Waals surface area contributed by atoms with E-state index in [1.54, 1.807) is 24.6 Å². The van der Waals surface area contributed by atoms with Crippen LogP contribution in [0.3, 0.4) is 0 Å². The van der Waals surface area contributed by atoms with Crippen LogP contribution in [0.5, 0.6) is 0 Å². The molecule has 12 heteroatoms. The van der Waals surface area contributed by atoms with Crippen LogP contribution >= 0.6 is 0 Å². The Balaban J connectivity index is 1.31. The van der Waals surface area contributed by atoms with Crippen LogP contribution in [0.4, 0.5) is 0 Å². The lowest BCUT2D eigenvalue weighted by Gasteiger charge is -2.54. The van der Waals surface area contributed by atoms with Crippen molar-refractivity contribution < 1.29 is 53.8 Å². The topological polar surface area (TPSA) is 173 Å². The largest absolute Gasteiger partial charge is 0.392 e. The zero-order chi connectivity index (χ0) is 40.0. The average Bonchev–Trinajstić information content (AvgIpc) is 3.50. The van der Waals surface area contributed by atoms with Gasteiger partial charge in [0.1, 0.15) is 11.9 Å². The Kier molecular flexibility index (Phi) is 13.6. The monoisotopic (exact) mass is 766 g/mol. The van der Waals surface area contributed by atoms with E-state index in [0.717, 1.165) is 6.42 Å². The van der Waals surface area contributed by atoms with Crippen LogP contribution in [0, 0.1) is 41.4 Å². The molecule has 4 saturated heterocycles. The van der Waals surface area contributed by atoms with Crippen LogP contribution in [0.15, 0.2) is 12.2 Å². The lowest BCUT2D eigenvalue weighted by molar-refractivity contribution is -0.409. The van der Waals surface area contributed by atoms with Gasteiger partial charge < -0.3 is 39.0 Å². The number of aliphatic hydroxyl groups excluding tert-OH is 2. The third-order valence-corrected chi connectivity index (χ3v) is 14.6. The highest BCUT2D eigenvalue weighted by Crippen LogP contribution is 2.54. The van der Waals surface area contributed by atoms with E-state index < -0.39 is 76.8 Å². The van der Waals surface area contributed by atoms with Crippen molar-refractivity contribution in [3.63, 3.8) is 0 Å². The van der Waals surface area contributed by atoms with E-state index in [0.29, 0.717) is 57.8 Å². The molecule has 18 atom stereocenters. The summed E-state index contributed by atoms with van der Waals surface area (Å²) in [5.41, 5.74) is 0.136. The van der Waals surface area contributed by atoms with Gasteiger partial charge in [0.2, 0.25) is 11.7 Å². The number of rotatable bonds is 12. The van der Waals surface area contributed by atoms with E-state index in [1.807, 2.05) is 41.5 Å². The zero-order valence-electron chi connectivity index (χ0n) is 34.5. The average molecular weight is 766 g/mol. The van der Waals surface area contributed by atoms with Crippen LogP contribution in [-0.2, 0) is 33.3 Å². The summed E-state index contributed by atoms with van der Waals surface area (Å²) in [7, 11) is 0. The molecule has 1 amide bonds. The number of Topliss-reactive ketones (excluding diaryl/α,β-unsaturated/α-hetero) is 1. The maximum atomic E-state index is 14.5. The molecule has 0 radical (unpaired) electrons. The fourth-order valence-electron chi connectivity index (χ4n) is 10.6. The van der Waals surface area contributed by atoms with Gasteiger partial charge in [0.15, 0.2) is 5.79 Å². The van der Waals surface area contributed by atoms with Gasteiger partial charge in [0.25, 0.3) is 0 Å². The summed E-state index contributed by atoms with van der Waals surface area (Å²) >= 11 is 0. The van der Waals surface area contributed by atoms with Crippen LogP contribution in [0.1, 0.15) is 133 Å². The molecule has 0 saturated carbocycles. The second-order valence-electron chi connectivity index (χ2n) is 18.1. The van der Waals surface area contributed by atoms with Gasteiger partial charge in [-0.1, -0.05) is 55.4 Å². The van der Waals surface area contributed by atoms with E-state index in [4.69, 9.17) is 23.7 Å². The van der Waals surface area contributed by atoms with Gasteiger partial charge in [-0.15, -0.1) is 0 Å². The van der Waals surface area contributed by atoms with Crippen LogP contribution in [-0.4, -0.2) is 97.7 Å². The standard InChI is InChI=1S/C42H71NO11/c1-11-29(38(47)43-49)31-15-14-23(4)36(51-31)27(8)34(45)26(7)35(46)30(12-2)37-24(5)22-25(6)41(52-37)19-16-32(44)42(54-41)21-20-39(10,53-42)33-17-18-40(48,13-3)28(9)50-33/h16,19,23-34,36-37,44-45,48-49H,11-15,17-18,20-22H2,1-10H3,(H,43,47)/t23-,24-,25+,26-,27-,28-,29+,30-,31+,32+,33+,34+,36+,37-,39-,40+,41-,42-/m0/s1. The van der Waals surface area contributed by atoms with Gasteiger partial charge in [-0.3, -0.25) is 14.8 Å². The third kappa shape index (κ3) is 7.99. The summed E-state index contributed by atoms with van der Waals surface area (Å²) in [5, 5.41) is 43.5.